The van der Waals surface area contributed by atoms with Crippen LogP contribution >= 0.6 is 0 Å². The number of carbonyl (C=O) groups is 2. The third kappa shape index (κ3) is 6.71. The number of carboxylic acid groups (broad SMARTS) is 1. The average molecular weight is 353 g/mol. The molecule has 2 N–H and O–H groups in total. The quantitative estimate of drug-likeness (QED) is 0.590. The second-order valence-electron chi connectivity index (χ2n) is 6.46. The molecular formula is C22H27NO3. The van der Waals surface area contributed by atoms with Gasteiger partial charge in [0, 0.05) is 13.0 Å². The number of nitrogens with one attached hydrogen (secondary N) is 1. The number of unbranched alkanes of at least 4 members (excludes halogenated alkanes) is 4. The third-order valence-corrected chi connectivity index (χ3v) is 4.39. The van der Waals surface area contributed by atoms with E-state index in [0.29, 0.717) is 6.54 Å². The molecule has 0 unspecified atom stereocenters. The lowest BCUT2D eigenvalue weighted by atomic mass is 9.90. The highest BCUT2D eigenvalue weighted by molar-refractivity contribution is 5.87. The first-order valence-corrected chi connectivity index (χ1v) is 9.28. The lowest BCUT2D eigenvalue weighted by Gasteiger charge is -2.18. The highest BCUT2D eigenvalue weighted by Crippen LogP contribution is 2.24. The Balaban J connectivity index is 1.82. The molecule has 0 atom stereocenters. The Hall–Kier alpha value is -2.62. The lowest BCUT2D eigenvalue weighted by Crippen LogP contribution is -2.30. The van der Waals surface area contributed by atoms with E-state index in [1.54, 1.807) is 0 Å². The number of rotatable bonds is 11. The van der Waals surface area contributed by atoms with Crippen LogP contribution in [0.1, 0.15) is 55.6 Å². The fourth-order valence-corrected chi connectivity index (χ4v) is 3.03. The molecule has 0 radical (unpaired) electrons. The summed E-state index contributed by atoms with van der Waals surface area (Å²) in [5, 5.41) is 11.7. The summed E-state index contributed by atoms with van der Waals surface area (Å²) in [6, 6.07) is 19.7. The fraction of sp³-hybridized carbons (Fsp3) is 0.364. The summed E-state index contributed by atoms with van der Waals surface area (Å²) in [5.41, 5.74) is 1.98. The first-order chi connectivity index (χ1) is 12.7. The smallest absolute Gasteiger partial charge is 0.303 e. The average Bonchev–Trinajstić information content (AvgIpc) is 2.65. The van der Waals surface area contributed by atoms with Crippen LogP contribution in [0.25, 0.3) is 0 Å². The normalized spacial score (nSPS) is 10.7. The molecule has 0 bridgehead atoms. The largest absolute Gasteiger partial charge is 0.481 e. The number of benzene rings is 2. The van der Waals surface area contributed by atoms with Crippen LogP contribution in [0.2, 0.25) is 0 Å². The Morgan fingerprint density at radius 3 is 1.81 bits per heavy atom. The van der Waals surface area contributed by atoms with Crippen molar-refractivity contribution < 1.29 is 14.7 Å². The molecule has 138 valence electrons. The van der Waals surface area contributed by atoms with Gasteiger partial charge in [-0.3, -0.25) is 9.59 Å². The number of amides is 1. The van der Waals surface area contributed by atoms with E-state index in [-0.39, 0.29) is 18.2 Å². The first kappa shape index (κ1) is 19.7. The van der Waals surface area contributed by atoms with E-state index in [1.165, 1.54) is 0 Å². The Morgan fingerprint density at radius 1 is 0.769 bits per heavy atom. The molecule has 1 amide bonds. The third-order valence-electron chi connectivity index (χ3n) is 4.39. The minimum atomic E-state index is -0.731. The van der Waals surface area contributed by atoms with Crippen molar-refractivity contribution in [2.45, 2.75) is 44.4 Å². The summed E-state index contributed by atoms with van der Waals surface area (Å²) in [4.78, 5) is 23.2. The summed E-state index contributed by atoms with van der Waals surface area (Å²) < 4.78 is 0. The molecule has 2 aromatic carbocycles. The van der Waals surface area contributed by atoms with Crippen LogP contribution in [0.15, 0.2) is 60.7 Å². The van der Waals surface area contributed by atoms with E-state index in [9.17, 15) is 9.59 Å². The molecule has 26 heavy (non-hydrogen) atoms. The number of carbonyl (C=O) groups excluding carboxylic acids is 1. The molecule has 0 saturated carbocycles. The molecule has 2 aromatic rings. The zero-order valence-electron chi connectivity index (χ0n) is 15.1. The summed E-state index contributed by atoms with van der Waals surface area (Å²) >= 11 is 0. The summed E-state index contributed by atoms with van der Waals surface area (Å²) in [6.45, 7) is 0.647. The van der Waals surface area contributed by atoms with Gasteiger partial charge in [-0.05, 0) is 24.0 Å². The zero-order chi connectivity index (χ0) is 18.6. The summed E-state index contributed by atoms with van der Waals surface area (Å²) in [5.74, 6) is -1.01. The lowest BCUT2D eigenvalue weighted by molar-refractivity contribution is -0.137. The monoisotopic (exact) mass is 353 g/mol. The fourth-order valence-electron chi connectivity index (χ4n) is 3.03. The van der Waals surface area contributed by atoms with Crippen LogP contribution in [-0.4, -0.2) is 23.5 Å². The summed E-state index contributed by atoms with van der Waals surface area (Å²) in [6.07, 6.45) is 4.82. The number of hydrogen-bond acceptors (Lipinski definition) is 2. The van der Waals surface area contributed by atoms with Gasteiger partial charge in [0.15, 0.2) is 0 Å². The Labute approximate surface area is 155 Å². The Morgan fingerprint density at radius 2 is 1.27 bits per heavy atom. The molecule has 0 aliphatic carbocycles. The van der Waals surface area contributed by atoms with Crippen molar-refractivity contribution >= 4 is 11.9 Å². The van der Waals surface area contributed by atoms with Crippen molar-refractivity contribution in [3.8, 4) is 0 Å². The summed E-state index contributed by atoms with van der Waals surface area (Å²) in [7, 11) is 0. The van der Waals surface area contributed by atoms with Crippen molar-refractivity contribution in [2.75, 3.05) is 6.54 Å². The van der Waals surface area contributed by atoms with Crippen LogP contribution in [0.5, 0.6) is 0 Å². The molecule has 0 fully saturated rings. The number of hydrogen-bond donors (Lipinski definition) is 2. The van der Waals surface area contributed by atoms with Gasteiger partial charge in [-0.15, -0.1) is 0 Å². The van der Waals surface area contributed by atoms with Crippen LogP contribution in [-0.2, 0) is 9.59 Å². The van der Waals surface area contributed by atoms with E-state index in [0.717, 1.165) is 43.2 Å². The minimum Gasteiger partial charge on any atom is -0.481 e. The van der Waals surface area contributed by atoms with Gasteiger partial charge in [-0.1, -0.05) is 79.9 Å². The SMILES string of the molecule is O=C(O)CCCCCCCNC(=O)C(c1ccccc1)c1ccccc1. The van der Waals surface area contributed by atoms with Gasteiger partial charge in [0.1, 0.15) is 0 Å². The van der Waals surface area contributed by atoms with E-state index in [4.69, 9.17) is 5.11 Å². The van der Waals surface area contributed by atoms with Crippen LogP contribution in [0.4, 0.5) is 0 Å². The van der Waals surface area contributed by atoms with Crippen molar-refractivity contribution in [3.05, 3.63) is 71.8 Å². The highest BCUT2D eigenvalue weighted by Gasteiger charge is 2.21. The van der Waals surface area contributed by atoms with E-state index >= 15 is 0 Å². The van der Waals surface area contributed by atoms with Gasteiger partial charge in [-0.2, -0.15) is 0 Å². The molecule has 0 heterocycles. The predicted molar refractivity (Wildman–Crippen MR) is 103 cm³/mol. The predicted octanol–water partition coefficient (Wildman–Crippen LogP) is 4.36. The molecule has 0 aromatic heterocycles. The van der Waals surface area contributed by atoms with Gasteiger partial charge >= 0.3 is 5.97 Å². The molecule has 0 spiro atoms. The maximum atomic E-state index is 12.8. The Kier molecular flexibility index (Phi) is 8.40. The maximum absolute atomic E-state index is 12.8. The molecule has 4 heteroatoms. The van der Waals surface area contributed by atoms with Crippen LogP contribution < -0.4 is 5.32 Å². The topological polar surface area (TPSA) is 66.4 Å². The van der Waals surface area contributed by atoms with Crippen LogP contribution in [0, 0.1) is 0 Å². The second-order valence-corrected chi connectivity index (χ2v) is 6.46. The molecule has 4 nitrogen and oxygen atoms in total. The van der Waals surface area contributed by atoms with Gasteiger partial charge < -0.3 is 10.4 Å². The van der Waals surface area contributed by atoms with E-state index < -0.39 is 5.97 Å². The van der Waals surface area contributed by atoms with Gasteiger partial charge in [0.05, 0.1) is 5.92 Å². The van der Waals surface area contributed by atoms with Crippen molar-refractivity contribution in [1.29, 1.82) is 0 Å². The maximum Gasteiger partial charge on any atom is 0.303 e. The molecular weight excluding hydrogens is 326 g/mol. The van der Waals surface area contributed by atoms with Gasteiger partial charge in [0.2, 0.25) is 5.91 Å². The van der Waals surface area contributed by atoms with Gasteiger partial charge in [0.25, 0.3) is 0 Å². The van der Waals surface area contributed by atoms with Crippen molar-refractivity contribution in [1.82, 2.24) is 5.32 Å². The molecule has 0 aliphatic heterocycles. The molecule has 2 rings (SSSR count). The second kappa shape index (κ2) is 11.1. The molecule has 0 aliphatic rings. The van der Waals surface area contributed by atoms with Crippen molar-refractivity contribution in [2.24, 2.45) is 0 Å². The highest BCUT2D eigenvalue weighted by atomic mass is 16.4. The number of aliphatic carboxylic acids is 1. The van der Waals surface area contributed by atoms with E-state index in [1.807, 2.05) is 60.7 Å². The minimum absolute atomic E-state index is 0.0216. The first-order valence-electron chi connectivity index (χ1n) is 9.28. The number of carboxylic acids is 1. The van der Waals surface area contributed by atoms with E-state index in [2.05, 4.69) is 5.32 Å². The van der Waals surface area contributed by atoms with Crippen molar-refractivity contribution in [3.63, 3.8) is 0 Å². The molecule has 0 saturated heterocycles. The van der Waals surface area contributed by atoms with Gasteiger partial charge in [-0.25, -0.2) is 0 Å². The zero-order valence-corrected chi connectivity index (χ0v) is 15.1. The van der Waals surface area contributed by atoms with Crippen LogP contribution in [0.3, 0.4) is 0 Å². The standard InChI is InChI=1S/C22H27NO3/c24-20(25)16-10-2-1-3-11-17-23-22(26)21(18-12-6-4-7-13-18)19-14-8-5-9-15-19/h4-9,12-15,21H,1-3,10-11,16-17H2,(H,23,26)(H,24,25). The Bertz CT molecular complexity index is 631.